The van der Waals surface area contributed by atoms with E-state index in [1.54, 1.807) is 17.0 Å². The molecule has 32 heavy (non-hydrogen) atoms. The molecule has 0 spiro atoms. The zero-order valence-corrected chi connectivity index (χ0v) is 18.9. The molecule has 168 valence electrons. The SMILES string of the molecule is CCOc1ccc(-c2noc(CN(C)S(=O)(=O)c3ccc4c(c3)CCN4C(C)=O)n2)cc1. The van der Waals surface area contributed by atoms with Crippen LogP contribution in [0.1, 0.15) is 25.3 Å². The minimum atomic E-state index is -3.78. The molecule has 2 heterocycles. The van der Waals surface area contributed by atoms with Gasteiger partial charge in [-0.15, -0.1) is 0 Å². The third kappa shape index (κ3) is 4.23. The molecule has 0 radical (unpaired) electrons. The summed E-state index contributed by atoms with van der Waals surface area (Å²) in [6.07, 6.45) is 0.622. The quantitative estimate of drug-likeness (QED) is 0.538. The third-order valence-electron chi connectivity index (χ3n) is 5.28. The Morgan fingerprint density at radius 1 is 1.22 bits per heavy atom. The van der Waals surface area contributed by atoms with Crippen molar-refractivity contribution >= 4 is 21.6 Å². The number of hydrogen-bond donors (Lipinski definition) is 0. The van der Waals surface area contributed by atoms with Gasteiger partial charge < -0.3 is 14.2 Å². The molecule has 1 aromatic heterocycles. The standard InChI is InChI=1S/C22H24N4O5S/c1-4-30-18-7-5-16(6-8-18)22-23-21(31-24-22)14-25(3)32(28,29)19-9-10-20-17(13-19)11-12-26(20)15(2)27/h5-10,13H,4,11-12,14H2,1-3H3. The Hall–Kier alpha value is -3.24. The van der Waals surface area contributed by atoms with Gasteiger partial charge in [0.1, 0.15) is 5.75 Å². The average molecular weight is 457 g/mol. The number of anilines is 1. The van der Waals surface area contributed by atoms with Gasteiger partial charge in [-0.25, -0.2) is 8.42 Å². The van der Waals surface area contributed by atoms with Crippen molar-refractivity contribution in [2.75, 3.05) is 25.1 Å². The number of benzene rings is 2. The van der Waals surface area contributed by atoms with E-state index in [9.17, 15) is 13.2 Å². The first-order valence-corrected chi connectivity index (χ1v) is 11.7. The summed E-state index contributed by atoms with van der Waals surface area (Å²) >= 11 is 0. The second kappa shape index (κ2) is 8.71. The van der Waals surface area contributed by atoms with E-state index in [0.717, 1.165) is 22.6 Å². The van der Waals surface area contributed by atoms with Crippen molar-refractivity contribution < 1.29 is 22.5 Å². The number of amides is 1. The molecule has 9 nitrogen and oxygen atoms in total. The lowest BCUT2D eigenvalue weighted by molar-refractivity contribution is -0.116. The highest BCUT2D eigenvalue weighted by Crippen LogP contribution is 2.31. The van der Waals surface area contributed by atoms with Crippen LogP contribution in [0.4, 0.5) is 5.69 Å². The predicted molar refractivity (Wildman–Crippen MR) is 118 cm³/mol. The number of aromatic nitrogens is 2. The van der Waals surface area contributed by atoms with Crippen molar-refractivity contribution in [3.63, 3.8) is 0 Å². The summed E-state index contributed by atoms with van der Waals surface area (Å²) in [7, 11) is -2.31. The van der Waals surface area contributed by atoms with Crippen LogP contribution < -0.4 is 9.64 Å². The van der Waals surface area contributed by atoms with Gasteiger partial charge in [0.15, 0.2) is 0 Å². The number of sulfonamides is 1. The van der Waals surface area contributed by atoms with E-state index >= 15 is 0 Å². The van der Waals surface area contributed by atoms with E-state index in [2.05, 4.69) is 10.1 Å². The normalized spacial score (nSPS) is 13.4. The fourth-order valence-corrected chi connectivity index (χ4v) is 4.80. The van der Waals surface area contributed by atoms with E-state index in [1.807, 2.05) is 31.2 Å². The molecule has 0 saturated carbocycles. The fourth-order valence-electron chi connectivity index (χ4n) is 3.62. The van der Waals surface area contributed by atoms with Gasteiger partial charge in [0.25, 0.3) is 0 Å². The number of carbonyl (C=O) groups is 1. The van der Waals surface area contributed by atoms with Crippen molar-refractivity contribution in [3.8, 4) is 17.1 Å². The highest BCUT2D eigenvalue weighted by atomic mass is 32.2. The molecule has 4 rings (SSSR count). The van der Waals surface area contributed by atoms with Gasteiger partial charge in [0.05, 0.1) is 18.0 Å². The summed E-state index contributed by atoms with van der Waals surface area (Å²) in [6, 6.07) is 12.1. The first-order valence-electron chi connectivity index (χ1n) is 10.2. The molecule has 3 aromatic rings. The maximum atomic E-state index is 13.1. The monoisotopic (exact) mass is 456 g/mol. The summed E-state index contributed by atoms with van der Waals surface area (Å²) in [5.74, 6) is 1.24. The molecule has 2 aromatic carbocycles. The Labute approximate surface area is 186 Å². The van der Waals surface area contributed by atoms with E-state index < -0.39 is 10.0 Å². The van der Waals surface area contributed by atoms with Crippen molar-refractivity contribution in [1.82, 2.24) is 14.4 Å². The fraction of sp³-hybridized carbons (Fsp3) is 0.318. The number of carbonyl (C=O) groups excluding carboxylic acids is 1. The molecule has 10 heteroatoms. The van der Waals surface area contributed by atoms with Crippen LogP contribution in [0.5, 0.6) is 5.75 Å². The molecule has 0 aliphatic carbocycles. The molecule has 0 N–H and O–H groups in total. The van der Waals surface area contributed by atoms with E-state index in [0.29, 0.717) is 25.4 Å². The van der Waals surface area contributed by atoms with Gasteiger partial charge >= 0.3 is 0 Å². The number of ether oxygens (including phenoxy) is 1. The predicted octanol–water partition coefficient (Wildman–Crippen LogP) is 2.87. The molecule has 0 fully saturated rings. The molecule has 0 saturated heterocycles. The molecular weight excluding hydrogens is 432 g/mol. The molecule has 1 amide bonds. The number of fused-ring (bicyclic) bond motifs is 1. The van der Waals surface area contributed by atoms with Crippen LogP contribution in [0.15, 0.2) is 51.9 Å². The summed E-state index contributed by atoms with van der Waals surface area (Å²) in [5.41, 5.74) is 2.34. The number of hydrogen-bond acceptors (Lipinski definition) is 7. The molecule has 1 aliphatic heterocycles. The molecule has 0 unspecified atom stereocenters. The Morgan fingerprint density at radius 3 is 2.66 bits per heavy atom. The summed E-state index contributed by atoms with van der Waals surface area (Å²) in [5, 5.41) is 3.96. The molecule has 0 bridgehead atoms. The van der Waals surface area contributed by atoms with E-state index in [1.165, 1.54) is 24.3 Å². The third-order valence-corrected chi connectivity index (χ3v) is 7.08. The van der Waals surface area contributed by atoms with Crippen molar-refractivity contribution in [2.45, 2.75) is 31.7 Å². The second-order valence-corrected chi connectivity index (χ2v) is 9.49. The van der Waals surface area contributed by atoms with Crippen LogP contribution in [0, 0.1) is 0 Å². The largest absolute Gasteiger partial charge is 0.494 e. The zero-order valence-electron chi connectivity index (χ0n) is 18.1. The molecule has 1 aliphatic rings. The Morgan fingerprint density at radius 2 is 1.97 bits per heavy atom. The van der Waals surface area contributed by atoms with Gasteiger partial charge in [-0.2, -0.15) is 9.29 Å². The topological polar surface area (TPSA) is 106 Å². The van der Waals surface area contributed by atoms with Gasteiger partial charge in [0, 0.05) is 31.8 Å². The number of rotatable bonds is 7. The van der Waals surface area contributed by atoms with Gasteiger partial charge in [-0.1, -0.05) is 5.16 Å². The van der Waals surface area contributed by atoms with E-state index in [4.69, 9.17) is 9.26 Å². The highest BCUT2D eigenvalue weighted by Gasteiger charge is 2.27. The smallest absolute Gasteiger partial charge is 0.243 e. The van der Waals surface area contributed by atoms with Crippen molar-refractivity contribution in [1.29, 1.82) is 0 Å². The van der Waals surface area contributed by atoms with Crippen LogP contribution in [0.25, 0.3) is 11.4 Å². The summed E-state index contributed by atoms with van der Waals surface area (Å²) in [4.78, 5) is 17.9. The van der Waals surface area contributed by atoms with Crippen molar-refractivity contribution in [3.05, 3.63) is 53.9 Å². The Bertz CT molecular complexity index is 1240. The van der Waals surface area contributed by atoms with Crippen LogP contribution in [-0.4, -0.2) is 49.0 Å². The summed E-state index contributed by atoms with van der Waals surface area (Å²) < 4.78 is 38.0. The Kier molecular flexibility index (Phi) is 5.98. The molecular formula is C22H24N4O5S. The van der Waals surface area contributed by atoms with Crippen LogP contribution in [-0.2, 0) is 27.8 Å². The van der Waals surface area contributed by atoms with Gasteiger partial charge in [0.2, 0.25) is 27.6 Å². The highest BCUT2D eigenvalue weighted by molar-refractivity contribution is 7.89. The van der Waals surface area contributed by atoms with Gasteiger partial charge in [-0.05, 0) is 61.4 Å². The van der Waals surface area contributed by atoms with Crippen LogP contribution >= 0.6 is 0 Å². The number of nitrogens with zero attached hydrogens (tertiary/aromatic N) is 4. The summed E-state index contributed by atoms with van der Waals surface area (Å²) in [6.45, 7) is 4.47. The van der Waals surface area contributed by atoms with Crippen molar-refractivity contribution in [2.24, 2.45) is 0 Å². The lowest BCUT2D eigenvalue weighted by Gasteiger charge is -2.17. The minimum Gasteiger partial charge on any atom is -0.494 e. The molecule has 0 atom stereocenters. The lowest BCUT2D eigenvalue weighted by atomic mass is 10.2. The maximum Gasteiger partial charge on any atom is 0.243 e. The maximum absolute atomic E-state index is 13.1. The lowest BCUT2D eigenvalue weighted by Crippen LogP contribution is -2.27. The van der Waals surface area contributed by atoms with E-state index in [-0.39, 0.29) is 23.2 Å². The zero-order chi connectivity index (χ0) is 22.9. The Balaban J connectivity index is 1.49. The first kappa shape index (κ1) is 22.0. The minimum absolute atomic E-state index is 0.0591. The average Bonchev–Trinajstić information content (AvgIpc) is 3.41. The van der Waals surface area contributed by atoms with Gasteiger partial charge in [-0.3, -0.25) is 4.79 Å². The first-order chi connectivity index (χ1) is 15.3. The van der Waals surface area contributed by atoms with Crippen LogP contribution in [0.3, 0.4) is 0 Å². The van der Waals surface area contributed by atoms with Crippen LogP contribution in [0.2, 0.25) is 0 Å². The second-order valence-electron chi connectivity index (χ2n) is 7.44.